The predicted octanol–water partition coefficient (Wildman–Crippen LogP) is 2.56. The van der Waals surface area contributed by atoms with Crippen LogP contribution in [0.1, 0.15) is 12.6 Å². The van der Waals surface area contributed by atoms with E-state index in [1.54, 1.807) is 38.1 Å². The van der Waals surface area contributed by atoms with Crippen molar-refractivity contribution in [1.29, 1.82) is 0 Å². The summed E-state index contributed by atoms with van der Waals surface area (Å²) in [5, 5.41) is 3.76. The van der Waals surface area contributed by atoms with Crippen LogP contribution in [-0.2, 0) is 18.3 Å². The highest BCUT2D eigenvalue weighted by Gasteiger charge is 2.25. The largest absolute Gasteiger partial charge is 0.497 e. The number of anilines is 1. The standard InChI is InChI=1S/C17H19N3O3S2/c1-10-7-13-15(25-10)16(22)20(2)17(19-13)24-9-14(21)18-11-5-4-6-12(8-11)23-3/h4-6,8,10H,7,9H2,1-3H3,(H,18,21)/t10-/m0/s1. The summed E-state index contributed by atoms with van der Waals surface area (Å²) in [6, 6.07) is 7.18. The molecule has 3 rings (SSSR count). The fraction of sp³-hybridized carbons (Fsp3) is 0.353. The molecule has 0 unspecified atom stereocenters. The molecule has 25 heavy (non-hydrogen) atoms. The molecule has 6 nitrogen and oxygen atoms in total. The van der Waals surface area contributed by atoms with E-state index in [2.05, 4.69) is 17.2 Å². The number of benzene rings is 1. The molecule has 0 fully saturated rings. The van der Waals surface area contributed by atoms with Gasteiger partial charge in [0.2, 0.25) is 5.91 Å². The Morgan fingerprint density at radius 1 is 1.52 bits per heavy atom. The lowest BCUT2D eigenvalue weighted by molar-refractivity contribution is -0.113. The summed E-state index contributed by atoms with van der Waals surface area (Å²) in [6.07, 6.45) is 0.791. The van der Waals surface area contributed by atoms with E-state index in [0.717, 1.165) is 17.0 Å². The number of hydrogen-bond donors (Lipinski definition) is 1. The van der Waals surface area contributed by atoms with Crippen LogP contribution >= 0.6 is 23.5 Å². The van der Waals surface area contributed by atoms with E-state index in [1.165, 1.54) is 16.3 Å². The zero-order chi connectivity index (χ0) is 18.0. The first-order valence-electron chi connectivity index (χ1n) is 7.81. The first-order valence-corrected chi connectivity index (χ1v) is 9.67. The molecule has 0 aliphatic carbocycles. The number of rotatable bonds is 5. The minimum atomic E-state index is -0.157. The molecule has 2 heterocycles. The zero-order valence-electron chi connectivity index (χ0n) is 14.2. The average molecular weight is 377 g/mol. The molecule has 1 aliphatic rings. The zero-order valence-corrected chi connectivity index (χ0v) is 15.9. The molecule has 0 bridgehead atoms. The topological polar surface area (TPSA) is 73.2 Å². The van der Waals surface area contributed by atoms with Gasteiger partial charge in [-0.15, -0.1) is 11.8 Å². The Labute approximate surface area is 154 Å². The van der Waals surface area contributed by atoms with Gasteiger partial charge in [0.15, 0.2) is 5.16 Å². The summed E-state index contributed by atoms with van der Waals surface area (Å²) in [6.45, 7) is 2.08. The highest BCUT2D eigenvalue weighted by atomic mass is 32.2. The van der Waals surface area contributed by atoms with Crippen molar-refractivity contribution in [2.45, 2.75) is 28.6 Å². The quantitative estimate of drug-likeness (QED) is 0.638. The molecule has 8 heteroatoms. The van der Waals surface area contributed by atoms with Gasteiger partial charge >= 0.3 is 0 Å². The van der Waals surface area contributed by atoms with E-state index < -0.39 is 0 Å². The lowest BCUT2D eigenvalue weighted by atomic mass is 10.2. The number of aromatic nitrogens is 2. The molecule has 1 aromatic carbocycles. The molecule has 1 N–H and O–H groups in total. The van der Waals surface area contributed by atoms with Gasteiger partial charge in [0.05, 0.1) is 23.5 Å². The first kappa shape index (κ1) is 17.9. The third kappa shape index (κ3) is 4.01. The Bertz CT molecular complexity index is 867. The van der Waals surface area contributed by atoms with Gasteiger partial charge < -0.3 is 10.1 Å². The van der Waals surface area contributed by atoms with Crippen LogP contribution in [0.25, 0.3) is 0 Å². The highest BCUT2D eigenvalue weighted by Crippen LogP contribution is 2.33. The second-order valence-corrected chi connectivity index (χ2v) is 8.13. The molecule has 1 amide bonds. The van der Waals surface area contributed by atoms with Gasteiger partial charge in [-0.2, -0.15) is 0 Å². The number of amides is 1. The Kier molecular flexibility index (Phi) is 5.39. The molecule has 1 aromatic heterocycles. The van der Waals surface area contributed by atoms with Crippen LogP contribution in [0.2, 0.25) is 0 Å². The number of ether oxygens (including phenoxy) is 1. The monoisotopic (exact) mass is 377 g/mol. The normalized spacial score (nSPS) is 15.7. The van der Waals surface area contributed by atoms with Crippen LogP contribution < -0.4 is 15.6 Å². The number of thioether (sulfide) groups is 2. The van der Waals surface area contributed by atoms with E-state index in [4.69, 9.17) is 4.74 Å². The molecule has 2 aromatic rings. The summed E-state index contributed by atoms with van der Waals surface area (Å²) >= 11 is 2.84. The van der Waals surface area contributed by atoms with Gasteiger partial charge in [-0.25, -0.2) is 4.98 Å². The summed E-state index contributed by atoms with van der Waals surface area (Å²) < 4.78 is 6.66. The van der Waals surface area contributed by atoms with E-state index in [-0.39, 0.29) is 17.2 Å². The van der Waals surface area contributed by atoms with Gasteiger partial charge in [0.1, 0.15) is 5.75 Å². The van der Waals surface area contributed by atoms with Crippen LogP contribution in [0.15, 0.2) is 39.1 Å². The van der Waals surface area contributed by atoms with E-state index in [9.17, 15) is 9.59 Å². The SMILES string of the molecule is COc1cccc(NC(=O)CSc2nc3c(c(=O)n2C)S[C@@H](C)C3)c1. The molecular formula is C17H19N3O3S2. The van der Waals surface area contributed by atoms with Crippen molar-refractivity contribution in [3.63, 3.8) is 0 Å². The molecule has 0 saturated carbocycles. The number of carbonyl (C=O) groups excluding carboxylic acids is 1. The second-order valence-electron chi connectivity index (χ2n) is 5.74. The van der Waals surface area contributed by atoms with Crippen LogP contribution in [0.3, 0.4) is 0 Å². The van der Waals surface area contributed by atoms with Crippen molar-refractivity contribution in [3.05, 3.63) is 40.3 Å². The molecule has 0 radical (unpaired) electrons. The minimum Gasteiger partial charge on any atom is -0.497 e. The summed E-state index contributed by atoms with van der Waals surface area (Å²) in [7, 11) is 3.28. The Morgan fingerprint density at radius 2 is 2.32 bits per heavy atom. The van der Waals surface area contributed by atoms with Crippen molar-refractivity contribution < 1.29 is 9.53 Å². The van der Waals surface area contributed by atoms with Crippen molar-refractivity contribution in [2.24, 2.45) is 7.05 Å². The smallest absolute Gasteiger partial charge is 0.267 e. The molecular weight excluding hydrogens is 358 g/mol. The van der Waals surface area contributed by atoms with E-state index >= 15 is 0 Å². The van der Waals surface area contributed by atoms with Gasteiger partial charge in [0.25, 0.3) is 5.56 Å². The average Bonchev–Trinajstić information content (AvgIpc) is 2.97. The minimum absolute atomic E-state index is 0.0324. The van der Waals surface area contributed by atoms with Crippen molar-refractivity contribution in [3.8, 4) is 5.75 Å². The number of nitrogens with zero attached hydrogens (tertiary/aromatic N) is 2. The van der Waals surface area contributed by atoms with Gasteiger partial charge in [-0.05, 0) is 12.1 Å². The number of methoxy groups -OCH3 is 1. The molecule has 0 saturated heterocycles. The van der Waals surface area contributed by atoms with Crippen LogP contribution in [0.5, 0.6) is 5.75 Å². The third-order valence-corrected chi connectivity index (χ3v) is 6.01. The van der Waals surface area contributed by atoms with Crippen molar-refractivity contribution in [2.75, 3.05) is 18.2 Å². The van der Waals surface area contributed by atoms with Gasteiger partial charge in [0, 0.05) is 30.5 Å². The van der Waals surface area contributed by atoms with Gasteiger partial charge in [-0.3, -0.25) is 14.2 Å². The first-order chi connectivity index (χ1) is 12.0. The van der Waals surface area contributed by atoms with Crippen LogP contribution in [0.4, 0.5) is 5.69 Å². The maximum Gasteiger partial charge on any atom is 0.267 e. The number of hydrogen-bond acceptors (Lipinski definition) is 6. The third-order valence-electron chi connectivity index (χ3n) is 3.76. The van der Waals surface area contributed by atoms with Crippen LogP contribution in [0, 0.1) is 0 Å². The fourth-order valence-electron chi connectivity index (χ4n) is 2.53. The van der Waals surface area contributed by atoms with E-state index in [0.29, 0.717) is 21.8 Å². The second kappa shape index (κ2) is 7.53. The molecule has 1 aliphatic heterocycles. The van der Waals surface area contributed by atoms with Crippen molar-refractivity contribution >= 4 is 35.1 Å². The van der Waals surface area contributed by atoms with Gasteiger partial charge in [-0.1, -0.05) is 24.8 Å². The highest BCUT2D eigenvalue weighted by molar-refractivity contribution is 8.00. The van der Waals surface area contributed by atoms with Crippen LogP contribution in [-0.4, -0.2) is 33.6 Å². The summed E-state index contributed by atoms with van der Waals surface area (Å²) in [4.78, 5) is 29.9. The maximum absolute atomic E-state index is 12.4. The predicted molar refractivity (Wildman–Crippen MR) is 101 cm³/mol. The van der Waals surface area contributed by atoms with Crippen molar-refractivity contribution in [1.82, 2.24) is 9.55 Å². The molecule has 0 spiro atoms. The Hall–Kier alpha value is -1.93. The lowest BCUT2D eigenvalue weighted by Crippen LogP contribution is -2.23. The summed E-state index contributed by atoms with van der Waals surface area (Å²) in [5.74, 6) is 0.703. The van der Waals surface area contributed by atoms with E-state index in [1.807, 2.05) is 12.1 Å². The lowest BCUT2D eigenvalue weighted by Gasteiger charge is -2.10. The molecule has 132 valence electrons. The number of carbonyl (C=O) groups is 1. The Balaban J connectivity index is 1.67. The Morgan fingerprint density at radius 3 is 3.08 bits per heavy atom. The number of fused-ring (bicyclic) bond motifs is 1. The number of nitrogens with one attached hydrogen (secondary N) is 1. The molecule has 1 atom stereocenters. The summed E-state index contributed by atoms with van der Waals surface area (Å²) in [5.41, 5.74) is 1.48. The fourth-order valence-corrected chi connectivity index (χ4v) is 4.46. The maximum atomic E-state index is 12.4.